The Morgan fingerprint density at radius 3 is 2.95 bits per heavy atom. The largest absolute Gasteiger partial charge is 0.496 e. The van der Waals surface area contributed by atoms with E-state index in [2.05, 4.69) is 5.32 Å². The summed E-state index contributed by atoms with van der Waals surface area (Å²) in [6, 6.07) is 5.68. The average molecular weight is 262 g/mol. The minimum atomic E-state index is -0.167. The second-order valence-electron chi connectivity index (χ2n) is 4.89. The summed E-state index contributed by atoms with van der Waals surface area (Å²) in [6.07, 6.45) is 1.82. The van der Waals surface area contributed by atoms with Crippen molar-refractivity contribution in [2.45, 2.75) is 25.1 Å². The van der Waals surface area contributed by atoms with Gasteiger partial charge in [0.2, 0.25) is 0 Å². The highest BCUT2D eigenvalue weighted by molar-refractivity contribution is 6.03. The summed E-state index contributed by atoms with van der Waals surface area (Å²) in [5.41, 5.74) is 1.39. The number of hydrogen-bond acceptors (Lipinski definition) is 4. The van der Waals surface area contributed by atoms with E-state index in [9.17, 15) is 4.79 Å². The van der Waals surface area contributed by atoms with Gasteiger partial charge in [0.05, 0.1) is 18.8 Å². The Kier molecular flexibility index (Phi) is 3.06. The highest BCUT2D eigenvalue weighted by Gasteiger charge is 2.40. The van der Waals surface area contributed by atoms with Gasteiger partial charge in [0.15, 0.2) is 0 Å². The van der Waals surface area contributed by atoms with E-state index in [1.165, 1.54) is 0 Å². The maximum Gasteiger partial charge on any atom is 0.260 e. The third kappa shape index (κ3) is 1.85. The first kappa shape index (κ1) is 12.3. The smallest absolute Gasteiger partial charge is 0.260 e. The van der Waals surface area contributed by atoms with E-state index in [4.69, 9.17) is 9.47 Å². The van der Waals surface area contributed by atoms with Gasteiger partial charge in [-0.05, 0) is 25.0 Å². The third-order valence-corrected chi connectivity index (χ3v) is 3.92. The summed E-state index contributed by atoms with van der Waals surface area (Å²) < 4.78 is 10.8. The zero-order chi connectivity index (χ0) is 13.4. The molecule has 3 rings (SSSR count). The van der Waals surface area contributed by atoms with Gasteiger partial charge in [-0.25, -0.2) is 0 Å². The summed E-state index contributed by atoms with van der Waals surface area (Å²) in [6.45, 7) is 0.780. The number of carbonyl (C=O) groups excluding carboxylic acids is 1. The Bertz CT molecular complexity index is 503. The van der Waals surface area contributed by atoms with Crippen molar-refractivity contribution in [1.29, 1.82) is 0 Å². The lowest BCUT2D eigenvalue weighted by Gasteiger charge is -2.28. The lowest BCUT2D eigenvalue weighted by Crippen LogP contribution is -2.44. The van der Waals surface area contributed by atoms with Crippen molar-refractivity contribution in [3.8, 4) is 5.75 Å². The van der Waals surface area contributed by atoms with E-state index in [1.807, 2.05) is 23.1 Å². The van der Waals surface area contributed by atoms with Crippen LogP contribution < -0.4 is 10.1 Å². The maximum atomic E-state index is 12.7. The summed E-state index contributed by atoms with van der Waals surface area (Å²) >= 11 is 0. The normalized spacial score (nSPS) is 25.4. The van der Waals surface area contributed by atoms with Crippen LogP contribution in [0.3, 0.4) is 0 Å². The number of hydrogen-bond donors (Lipinski definition) is 1. The van der Waals surface area contributed by atoms with Crippen LogP contribution in [0.2, 0.25) is 0 Å². The number of anilines is 1. The first-order valence-electron chi connectivity index (χ1n) is 6.53. The molecule has 5 nitrogen and oxygen atoms in total. The van der Waals surface area contributed by atoms with E-state index >= 15 is 0 Å². The number of benzene rings is 1. The molecular formula is C14H18N2O3. The lowest BCUT2D eigenvalue weighted by atomic mass is 10.1. The van der Waals surface area contributed by atoms with Gasteiger partial charge >= 0.3 is 0 Å². The zero-order valence-corrected chi connectivity index (χ0v) is 11.2. The molecule has 0 aliphatic carbocycles. The van der Waals surface area contributed by atoms with Gasteiger partial charge in [0.1, 0.15) is 17.5 Å². The van der Waals surface area contributed by atoms with Crippen molar-refractivity contribution in [2.75, 3.05) is 26.1 Å². The lowest BCUT2D eigenvalue weighted by molar-refractivity contribution is 0.0419. The number of nitrogens with zero attached hydrogens (tertiary/aromatic N) is 1. The Labute approximate surface area is 112 Å². The number of amides is 1. The van der Waals surface area contributed by atoms with Gasteiger partial charge in [-0.3, -0.25) is 4.79 Å². The molecule has 1 saturated heterocycles. The van der Waals surface area contributed by atoms with Crippen molar-refractivity contribution in [1.82, 2.24) is 4.90 Å². The van der Waals surface area contributed by atoms with Crippen LogP contribution in [0.25, 0.3) is 0 Å². The highest BCUT2D eigenvalue weighted by Crippen LogP contribution is 2.35. The molecule has 0 saturated carbocycles. The molecule has 2 aliphatic rings. The predicted octanol–water partition coefficient (Wildman–Crippen LogP) is 1.70. The molecule has 1 aromatic rings. The molecule has 0 unspecified atom stereocenters. The monoisotopic (exact) mass is 262 g/mol. The quantitative estimate of drug-likeness (QED) is 0.881. The fraction of sp³-hybridized carbons (Fsp3) is 0.500. The van der Waals surface area contributed by atoms with Crippen LogP contribution in [0.15, 0.2) is 18.2 Å². The number of carbonyl (C=O) groups is 1. The standard InChI is InChI=1S/C14H18N2O3/c1-18-11-7-3-5-9-12(11)14(17)16-8-4-6-10(16)13(15-9)19-2/h3,5,7,10,13,15H,4,6,8H2,1-2H3/t10-,13-/m0/s1. The van der Waals surface area contributed by atoms with Crippen molar-refractivity contribution in [3.63, 3.8) is 0 Å². The Balaban J connectivity index is 2.11. The number of methoxy groups -OCH3 is 2. The summed E-state index contributed by atoms with van der Waals surface area (Å²) in [5, 5.41) is 3.32. The molecule has 1 aromatic carbocycles. The zero-order valence-electron chi connectivity index (χ0n) is 11.2. The van der Waals surface area contributed by atoms with Crippen molar-refractivity contribution < 1.29 is 14.3 Å². The molecular weight excluding hydrogens is 244 g/mol. The van der Waals surface area contributed by atoms with E-state index in [-0.39, 0.29) is 18.2 Å². The number of fused-ring (bicyclic) bond motifs is 2. The van der Waals surface area contributed by atoms with Crippen LogP contribution in [0.1, 0.15) is 23.2 Å². The van der Waals surface area contributed by atoms with Crippen LogP contribution in [-0.4, -0.2) is 43.8 Å². The Morgan fingerprint density at radius 1 is 1.37 bits per heavy atom. The topological polar surface area (TPSA) is 50.8 Å². The molecule has 2 heterocycles. The fourth-order valence-electron chi connectivity index (χ4n) is 3.01. The molecule has 19 heavy (non-hydrogen) atoms. The first-order valence-corrected chi connectivity index (χ1v) is 6.53. The van der Waals surface area contributed by atoms with E-state index < -0.39 is 0 Å². The summed E-state index contributed by atoms with van der Waals surface area (Å²) in [7, 11) is 3.26. The van der Waals surface area contributed by atoms with Gasteiger partial charge in [-0.15, -0.1) is 0 Å². The van der Waals surface area contributed by atoms with Gasteiger partial charge in [0.25, 0.3) is 5.91 Å². The molecule has 0 spiro atoms. The molecule has 1 fully saturated rings. The minimum Gasteiger partial charge on any atom is -0.496 e. The molecule has 0 aromatic heterocycles. The van der Waals surface area contributed by atoms with Crippen LogP contribution in [0.4, 0.5) is 5.69 Å². The Morgan fingerprint density at radius 2 is 2.21 bits per heavy atom. The molecule has 0 radical (unpaired) electrons. The first-order chi connectivity index (χ1) is 9.26. The van der Waals surface area contributed by atoms with Gasteiger partial charge < -0.3 is 19.7 Å². The van der Waals surface area contributed by atoms with Crippen LogP contribution in [-0.2, 0) is 4.74 Å². The SMILES string of the molecule is COc1cccc2c1C(=O)N1CCC[C@H]1[C@H](OC)N2. The van der Waals surface area contributed by atoms with Crippen LogP contribution >= 0.6 is 0 Å². The average Bonchev–Trinajstić information content (AvgIpc) is 2.88. The highest BCUT2D eigenvalue weighted by atomic mass is 16.5. The molecule has 1 N–H and O–H groups in total. The summed E-state index contributed by atoms with van der Waals surface area (Å²) in [5.74, 6) is 0.638. The summed E-state index contributed by atoms with van der Waals surface area (Å²) in [4.78, 5) is 14.6. The van der Waals surface area contributed by atoms with Crippen LogP contribution in [0, 0.1) is 0 Å². The second kappa shape index (κ2) is 4.74. The van der Waals surface area contributed by atoms with E-state index in [0.29, 0.717) is 11.3 Å². The van der Waals surface area contributed by atoms with Crippen molar-refractivity contribution in [2.24, 2.45) is 0 Å². The molecule has 0 bridgehead atoms. The number of ether oxygens (including phenoxy) is 2. The molecule has 2 atom stereocenters. The molecule has 1 amide bonds. The fourth-order valence-corrected chi connectivity index (χ4v) is 3.01. The van der Waals surface area contributed by atoms with Gasteiger partial charge in [-0.2, -0.15) is 0 Å². The minimum absolute atomic E-state index is 0.0296. The number of nitrogens with one attached hydrogen (secondary N) is 1. The van der Waals surface area contributed by atoms with E-state index in [1.54, 1.807) is 14.2 Å². The number of rotatable bonds is 2. The molecule has 2 aliphatic heterocycles. The van der Waals surface area contributed by atoms with Gasteiger partial charge in [0, 0.05) is 13.7 Å². The van der Waals surface area contributed by atoms with Crippen LogP contribution in [0.5, 0.6) is 5.75 Å². The second-order valence-corrected chi connectivity index (χ2v) is 4.89. The molecule has 5 heteroatoms. The molecule has 102 valence electrons. The maximum absolute atomic E-state index is 12.7. The third-order valence-electron chi connectivity index (χ3n) is 3.92. The Hall–Kier alpha value is -1.75. The van der Waals surface area contributed by atoms with Gasteiger partial charge in [-0.1, -0.05) is 6.07 Å². The van der Waals surface area contributed by atoms with Crippen molar-refractivity contribution >= 4 is 11.6 Å². The van der Waals surface area contributed by atoms with E-state index in [0.717, 1.165) is 25.1 Å². The predicted molar refractivity (Wildman–Crippen MR) is 71.5 cm³/mol. The van der Waals surface area contributed by atoms with Crippen molar-refractivity contribution in [3.05, 3.63) is 23.8 Å².